The minimum atomic E-state index is 0.145. The summed E-state index contributed by atoms with van der Waals surface area (Å²) in [4.78, 5) is 21.1. The Morgan fingerprint density at radius 1 is 1.23 bits per heavy atom. The van der Waals surface area contributed by atoms with E-state index in [0.717, 1.165) is 38.2 Å². The standard InChI is InChI=1S/C20H31N3O3/c1-15-9-22(10-16(2)26-15)11-18-12-23(13-19(18)14-24)20(25)6-5-17-4-3-7-21-8-17/h3-4,7-8,15-16,18-19,24H,5-6,9-14H2,1-2H3/t15-,16+,18-,19-/m1/s1. The van der Waals surface area contributed by atoms with Gasteiger partial charge in [-0.25, -0.2) is 0 Å². The molecule has 6 heteroatoms. The van der Waals surface area contributed by atoms with Crippen LogP contribution < -0.4 is 0 Å². The Morgan fingerprint density at radius 2 is 1.96 bits per heavy atom. The van der Waals surface area contributed by atoms with Crippen molar-refractivity contribution in [2.75, 3.05) is 39.3 Å². The van der Waals surface area contributed by atoms with Gasteiger partial charge in [0.05, 0.1) is 12.2 Å². The monoisotopic (exact) mass is 361 g/mol. The highest BCUT2D eigenvalue weighted by Crippen LogP contribution is 2.26. The first kappa shape index (κ1) is 19.3. The fourth-order valence-corrected chi connectivity index (χ4v) is 4.28. The average Bonchev–Trinajstić information content (AvgIpc) is 3.02. The number of morpholine rings is 1. The molecule has 26 heavy (non-hydrogen) atoms. The molecule has 2 aliphatic rings. The highest BCUT2D eigenvalue weighted by Gasteiger charge is 2.36. The van der Waals surface area contributed by atoms with E-state index in [9.17, 15) is 9.90 Å². The molecule has 1 amide bonds. The molecule has 0 aliphatic carbocycles. The molecule has 1 aromatic rings. The lowest BCUT2D eigenvalue weighted by Gasteiger charge is -2.37. The van der Waals surface area contributed by atoms with Crippen molar-refractivity contribution in [3.63, 3.8) is 0 Å². The molecule has 0 bridgehead atoms. The van der Waals surface area contributed by atoms with Gasteiger partial charge in [0, 0.05) is 64.1 Å². The molecule has 1 N–H and O–H groups in total. The summed E-state index contributed by atoms with van der Waals surface area (Å²) in [5.74, 6) is 0.684. The minimum Gasteiger partial charge on any atom is -0.396 e. The number of hydrogen-bond donors (Lipinski definition) is 1. The van der Waals surface area contributed by atoms with Crippen LogP contribution in [0, 0.1) is 11.8 Å². The molecular formula is C20H31N3O3. The maximum absolute atomic E-state index is 12.6. The van der Waals surface area contributed by atoms with Crippen LogP contribution in [-0.4, -0.2) is 77.3 Å². The quantitative estimate of drug-likeness (QED) is 0.825. The van der Waals surface area contributed by atoms with Gasteiger partial charge in [0.15, 0.2) is 0 Å². The molecule has 144 valence electrons. The Bertz CT molecular complexity index is 573. The molecule has 1 aromatic heterocycles. The molecule has 2 saturated heterocycles. The average molecular weight is 361 g/mol. The van der Waals surface area contributed by atoms with Gasteiger partial charge in [0.2, 0.25) is 5.91 Å². The Morgan fingerprint density at radius 3 is 2.62 bits per heavy atom. The number of ether oxygens (including phenoxy) is 1. The molecular weight excluding hydrogens is 330 g/mol. The first-order chi connectivity index (χ1) is 12.5. The van der Waals surface area contributed by atoms with Gasteiger partial charge in [-0.2, -0.15) is 0 Å². The highest BCUT2D eigenvalue weighted by atomic mass is 16.5. The summed E-state index contributed by atoms with van der Waals surface area (Å²) in [6, 6.07) is 3.90. The molecule has 0 saturated carbocycles. The maximum Gasteiger partial charge on any atom is 0.222 e. The van der Waals surface area contributed by atoms with E-state index in [1.54, 1.807) is 6.20 Å². The van der Waals surface area contributed by atoms with E-state index in [2.05, 4.69) is 23.7 Å². The van der Waals surface area contributed by atoms with E-state index < -0.39 is 0 Å². The summed E-state index contributed by atoms with van der Waals surface area (Å²) in [5, 5.41) is 9.79. The van der Waals surface area contributed by atoms with Gasteiger partial charge in [-0.05, 0) is 37.8 Å². The molecule has 3 rings (SSSR count). The first-order valence-electron chi connectivity index (χ1n) is 9.70. The van der Waals surface area contributed by atoms with Gasteiger partial charge in [-0.1, -0.05) is 6.07 Å². The van der Waals surface area contributed by atoms with Crippen LogP contribution in [0.4, 0.5) is 0 Å². The SMILES string of the molecule is C[C@@H]1CN(C[C@@H]2CN(C(=O)CCc3cccnc3)C[C@@H]2CO)C[C@H](C)O1. The van der Waals surface area contributed by atoms with E-state index in [1.165, 1.54) is 0 Å². The fourth-order valence-electron chi connectivity index (χ4n) is 4.28. The summed E-state index contributed by atoms with van der Waals surface area (Å²) < 4.78 is 5.81. The number of rotatable bonds is 6. The number of aromatic nitrogens is 1. The van der Waals surface area contributed by atoms with Crippen molar-refractivity contribution < 1.29 is 14.6 Å². The smallest absolute Gasteiger partial charge is 0.222 e. The number of aryl methyl sites for hydroxylation is 1. The predicted octanol–water partition coefficient (Wildman–Crippen LogP) is 1.19. The van der Waals surface area contributed by atoms with Crippen LogP contribution in [0.3, 0.4) is 0 Å². The number of hydrogen-bond acceptors (Lipinski definition) is 5. The van der Waals surface area contributed by atoms with Gasteiger partial charge >= 0.3 is 0 Å². The van der Waals surface area contributed by atoms with Crippen molar-refractivity contribution in [2.24, 2.45) is 11.8 Å². The molecule has 3 heterocycles. The summed E-state index contributed by atoms with van der Waals surface area (Å²) in [6.45, 7) is 8.55. The lowest BCUT2D eigenvalue weighted by molar-refractivity contribution is -0.130. The second kappa shape index (κ2) is 8.93. The lowest BCUT2D eigenvalue weighted by atomic mass is 9.96. The third-order valence-electron chi connectivity index (χ3n) is 5.50. The number of pyridine rings is 1. The maximum atomic E-state index is 12.6. The zero-order valence-electron chi connectivity index (χ0n) is 15.9. The zero-order chi connectivity index (χ0) is 18.5. The van der Waals surface area contributed by atoms with E-state index >= 15 is 0 Å². The molecule has 0 radical (unpaired) electrons. The number of nitrogens with zero attached hydrogens (tertiary/aromatic N) is 3. The van der Waals surface area contributed by atoms with E-state index in [4.69, 9.17) is 4.74 Å². The fraction of sp³-hybridized carbons (Fsp3) is 0.700. The molecule has 2 fully saturated rings. The van der Waals surface area contributed by atoms with Crippen LogP contribution in [0.1, 0.15) is 25.8 Å². The van der Waals surface area contributed by atoms with Crippen molar-refractivity contribution >= 4 is 5.91 Å². The van der Waals surface area contributed by atoms with Gasteiger partial charge in [-0.15, -0.1) is 0 Å². The zero-order valence-corrected chi connectivity index (χ0v) is 15.9. The number of aliphatic hydroxyl groups excluding tert-OH is 1. The largest absolute Gasteiger partial charge is 0.396 e. The van der Waals surface area contributed by atoms with E-state index in [0.29, 0.717) is 18.9 Å². The Labute approximate surface area is 156 Å². The van der Waals surface area contributed by atoms with Crippen LogP contribution >= 0.6 is 0 Å². The molecule has 6 nitrogen and oxygen atoms in total. The Hall–Kier alpha value is -1.50. The number of amides is 1. The van der Waals surface area contributed by atoms with Gasteiger partial charge < -0.3 is 14.7 Å². The molecule has 4 atom stereocenters. The normalized spacial score (nSPS) is 29.9. The number of carbonyl (C=O) groups is 1. The third-order valence-corrected chi connectivity index (χ3v) is 5.50. The van der Waals surface area contributed by atoms with Gasteiger partial charge in [0.1, 0.15) is 0 Å². The third kappa shape index (κ3) is 5.02. The topological polar surface area (TPSA) is 65.9 Å². The van der Waals surface area contributed by atoms with Gasteiger partial charge in [0.25, 0.3) is 0 Å². The van der Waals surface area contributed by atoms with Crippen LogP contribution in [-0.2, 0) is 16.0 Å². The number of aliphatic hydroxyl groups is 1. The van der Waals surface area contributed by atoms with Crippen molar-refractivity contribution in [3.8, 4) is 0 Å². The molecule has 2 aliphatic heterocycles. The van der Waals surface area contributed by atoms with Crippen molar-refractivity contribution in [3.05, 3.63) is 30.1 Å². The first-order valence-corrected chi connectivity index (χ1v) is 9.70. The second-order valence-corrected chi connectivity index (χ2v) is 7.84. The van der Waals surface area contributed by atoms with Gasteiger partial charge in [-0.3, -0.25) is 14.7 Å². The van der Waals surface area contributed by atoms with Crippen molar-refractivity contribution in [1.29, 1.82) is 0 Å². The van der Waals surface area contributed by atoms with Crippen LogP contribution in [0.2, 0.25) is 0 Å². The Kier molecular flexibility index (Phi) is 6.62. The van der Waals surface area contributed by atoms with Crippen LogP contribution in [0.15, 0.2) is 24.5 Å². The molecule has 0 spiro atoms. The number of likely N-dealkylation sites (tertiary alicyclic amines) is 1. The van der Waals surface area contributed by atoms with E-state index in [-0.39, 0.29) is 30.6 Å². The highest BCUT2D eigenvalue weighted by molar-refractivity contribution is 5.76. The van der Waals surface area contributed by atoms with Crippen molar-refractivity contribution in [1.82, 2.24) is 14.8 Å². The Balaban J connectivity index is 1.52. The van der Waals surface area contributed by atoms with E-state index in [1.807, 2.05) is 23.2 Å². The molecule has 0 unspecified atom stereocenters. The second-order valence-electron chi connectivity index (χ2n) is 7.84. The predicted molar refractivity (Wildman–Crippen MR) is 99.7 cm³/mol. The molecule has 0 aromatic carbocycles. The summed E-state index contributed by atoms with van der Waals surface area (Å²) in [5.41, 5.74) is 1.09. The van der Waals surface area contributed by atoms with Crippen LogP contribution in [0.5, 0.6) is 0 Å². The van der Waals surface area contributed by atoms with Crippen molar-refractivity contribution in [2.45, 2.75) is 38.9 Å². The summed E-state index contributed by atoms with van der Waals surface area (Å²) >= 11 is 0. The minimum absolute atomic E-state index is 0.145. The number of carbonyl (C=O) groups excluding carboxylic acids is 1. The summed E-state index contributed by atoms with van der Waals surface area (Å²) in [7, 11) is 0. The van der Waals surface area contributed by atoms with Crippen LogP contribution in [0.25, 0.3) is 0 Å². The summed E-state index contributed by atoms with van der Waals surface area (Å²) in [6.07, 6.45) is 5.26. The lowest BCUT2D eigenvalue weighted by Crippen LogP contribution is -2.48.